The van der Waals surface area contributed by atoms with Crippen LogP contribution < -0.4 is 5.32 Å². The van der Waals surface area contributed by atoms with Crippen LogP contribution in [0.2, 0.25) is 5.02 Å². The molecule has 0 bridgehead atoms. The van der Waals surface area contributed by atoms with Crippen molar-refractivity contribution in [1.82, 2.24) is 20.5 Å². The van der Waals surface area contributed by atoms with Crippen molar-refractivity contribution in [3.8, 4) is 22.5 Å². The van der Waals surface area contributed by atoms with Crippen LogP contribution in [0, 0.1) is 5.82 Å². The van der Waals surface area contributed by atoms with Crippen molar-refractivity contribution >= 4 is 17.5 Å². The van der Waals surface area contributed by atoms with Crippen molar-refractivity contribution in [3.05, 3.63) is 95.0 Å². The minimum Gasteiger partial charge on any atom is -0.388 e. The van der Waals surface area contributed by atoms with E-state index in [2.05, 4.69) is 20.5 Å². The predicted octanol–water partition coefficient (Wildman–Crippen LogP) is 5.82. The molecule has 0 aliphatic carbocycles. The summed E-state index contributed by atoms with van der Waals surface area (Å²) in [7, 11) is 0. The maximum absolute atomic E-state index is 13.6. The number of H-pyrrole nitrogens is 1. The molecule has 2 heterocycles. The van der Waals surface area contributed by atoms with Crippen molar-refractivity contribution in [3.63, 3.8) is 0 Å². The number of aromatic nitrogens is 3. The number of aliphatic hydroxyl groups is 1. The zero-order chi connectivity index (χ0) is 25.7. The Hall–Kier alpha value is -3.55. The number of rotatable bonds is 9. The first-order chi connectivity index (χ1) is 17.3. The molecule has 0 radical (unpaired) electrons. The highest BCUT2D eigenvalue weighted by atomic mass is 35.5. The molecule has 0 spiro atoms. The maximum atomic E-state index is 13.6. The van der Waals surface area contributed by atoms with Crippen LogP contribution in [-0.2, 0) is 6.42 Å². The van der Waals surface area contributed by atoms with Gasteiger partial charge in [0.2, 0.25) is 0 Å². The second-order valence-electron chi connectivity index (χ2n) is 8.70. The zero-order valence-corrected chi connectivity index (χ0v) is 20.9. The number of aromatic amines is 1. The average Bonchev–Trinajstić information content (AvgIpc) is 3.38. The Morgan fingerprint density at radius 3 is 2.53 bits per heavy atom. The van der Waals surface area contributed by atoms with Gasteiger partial charge in [-0.2, -0.15) is 5.10 Å². The van der Waals surface area contributed by atoms with E-state index in [-0.39, 0.29) is 11.7 Å². The third kappa shape index (κ3) is 5.48. The molecule has 4 rings (SSSR count). The van der Waals surface area contributed by atoms with E-state index in [1.807, 2.05) is 32.0 Å². The number of carbonyl (C=O) groups is 1. The molecule has 0 saturated carbocycles. The summed E-state index contributed by atoms with van der Waals surface area (Å²) >= 11 is 6.56. The van der Waals surface area contributed by atoms with E-state index in [4.69, 9.17) is 11.6 Å². The smallest absolute Gasteiger partial charge is 0.252 e. The lowest BCUT2D eigenvalue weighted by atomic mass is 9.85. The lowest BCUT2D eigenvalue weighted by molar-refractivity contribution is -0.00517. The Morgan fingerprint density at radius 2 is 1.86 bits per heavy atom. The van der Waals surface area contributed by atoms with Gasteiger partial charge in [-0.1, -0.05) is 37.6 Å². The first-order valence-corrected chi connectivity index (χ1v) is 12.3. The summed E-state index contributed by atoms with van der Waals surface area (Å²) in [4.78, 5) is 18.0. The monoisotopic (exact) mass is 506 g/mol. The Balaban J connectivity index is 1.67. The van der Waals surface area contributed by atoms with Gasteiger partial charge in [-0.15, -0.1) is 0 Å². The van der Waals surface area contributed by atoms with Crippen molar-refractivity contribution in [2.75, 3.05) is 0 Å². The van der Waals surface area contributed by atoms with Crippen molar-refractivity contribution in [2.45, 2.75) is 44.8 Å². The molecule has 0 aliphatic rings. The molecule has 36 heavy (non-hydrogen) atoms. The number of hydrogen-bond acceptors (Lipinski definition) is 4. The molecule has 1 atom stereocenters. The fourth-order valence-corrected chi connectivity index (χ4v) is 4.56. The number of halogens is 2. The number of nitrogens with zero attached hydrogens (tertiary/aromatic N) is 2. The van der Waals surface area contributed by atoms with Crippen LogP contribution in [-0.4, -0.2) is 37.8 Å². The highest BCUT2D eigenvalue weighted by Gasteiger charge is 2.35. The molecule has 6 nitrogen and oxygen atoms in total. The highest BCUT2D eigenvalue weighted by Crippen LogP contribution is 2.33. The minimum atomic E-state index is -1.12. The van der Waals surface area contributed by atoms with Crippen LogP contribution >= 0.6 is 11.6 Å². The lowest BCUT2D eigenvalue weighted by Gasteiger charge is -2.35. The normalized spacial score (nSPS) is 12.4. The molecular formula is C28H28ClFN4O2. The van der Waals surface area contributed by atoms with E-state index in [0.717, 1.165) is 11.3 Å². The molecule has 0 unspecified atom stereocenters. The second-order valence-corrected chi connectivity index (χ2v) is 9.11. The SMILES string of the molecule is CCC(O)(CC)[C@@H](Cc1ccccn1)NC(=O)c1cccc(Cl)c1-c1cc(-c2ccc(F)cc2)n[nH]1. The zero-order valence-electron chi connectivity index (χ0n) is 20.1. The molecule has 0 saturated heterocycles. The predicted molar refractivity (Wildman–Crippen MR) is 139 cm³/mol. The third-order valence-corrected chi connectivity index (χ3v) is 6.88. The molecule has 1 amide bonds. The van der Waals surface area contributed by atoms with Gasteiger partial charge in [0.05, 0.1) is 33.6 Å². The maximum Gasteiger partial charge on any atom is 0.252 e. The van der Waals surface area contributed by atoms with Gasteiger partial charge in [0.15, 0.2) is 0 Å². The Bertz CT molecular complexity index is 1320. The molecule has 4 aromatic rings. The first kappa shape index (κ1) is 25.5. The molecular weight excluding hydrogens is 479 g/mol. The van der Waals surface area contributed by atoms with Gasteiger partial charge >= 0.3 is 0 Å². The molecule has 2 aromatic carbocycles. The van der Waals surface area contributed by atoms with Gasteiger partial charge in [0, 0.05) is 29.4 Å². The summed E-state index contributed by atoms with van der Waals surface area (Å²) in [6.07, 6.45) is 2.99. The van der Waals surface area contributed by atoms with E-state index < -0.39 is 11.6 Å². The number of hydrogen-bond donors (Lipinski definition) is 3. The van der Waals surface area contributed by atoms with Gasteiger partial charge in [-0.25, -0.2) is 4.39 Å². The van der Waals surface area contributed by atoms with Gasteiger partial charge in [-0.05, 0) is 67.4 Å². The number of carbonyl (C=O) groups excluding carboxylic acids is 1. The average molecular weight is 507 g/mol. The van der Waals surface area contributed by atoms with Gasteiger partial charge in [-0.3, -0.25) is 14.9 Å². The number of nitrogens with one attached hydrogen (secondary N) is 2. The van der Waals surface area contributed by atoms with E-state index >= 15 is 0 Å². The van der Waals surface area contributed by atoms with Gasteiger partial charge in [0.25, 0.3) is 5.91 Å². The van der Waals surface area contributed by atoms with E-state index in [1.165, 1.54) is 12.1 Å². The lowest BCUT2D eigenvalue weighted by Crippen LogP contribution is -2.53. The van der Waals surface area contributed by atoms with Crippen LogP contribution in [0.4, 0.5) is 4.39 Å². The Morgan fingerprint density at radius 1 is 1.11 bits per heavy atom. The Labute approximate surface area is 214 Å². The molecule has 2 aromatic heterocycles. The molecule has 0 aliphatic heterocycles. The standard InChI is InChI=1S/C28H28ClFN4O2/c1-3-28(36,4-2)25(16-20-8-5-6-15-31-20)32-27(35)21-9-7-10-22(29)26(21)24-17-23(33-34-24)18-11-13-19(30)14-12-18/h5-15,17,25,36H,3-4,16H2,1-2H3,(H,32,35)(H,33,34)/t25-/m1/s1. The van der Waals surface area contributed by atoms with E-state index in [0.29, 0.717) is 46.8 Å². The van der Waals surface area contributed by atoms with Crippen LogP contribution in [0.25, 0.3) is 22.5 Å². The number of amides is 1. The van der Waals surface area contributed by atoms with Gasteiger partial charge < -0.3 is 10.4 Å². The fraction of sp³-hybridized carbons (Fsp3) is 0.250. The number of pyridine rings is 1. The first-order valence-electron chi connectivity index (χ1n) is 11.9. The topological polar surface area (TPSA) is 90.9 Å². The number of benzene rings is 2. The largest absolute Gasteiger partial charge is 0.388 e. The van der Waals surface area contributed by atoms with Crippen LogP contribution in [0.1, 0.15) is 42.7 Å². The molecule has 0 fully saturated rings. The summed E-state index contributed by atoms with van der Waals surface area (Å²) in [5.41, 5.74) is 2.36. The van der Waals surface area contributed by atoms with Crippen LogP contribution in [0.3, 0.4) is 0 Å². The summed E-state index contributed by atoms with van der Waals surface area (Å²) in [5, 5.41) is 22.0. The van der Waals surface area contributed by atoms with Gasteiger partial charge in [0.1, 0.15) is 5.82 Å². The Kier molecular flexibility index (Phi) is 7.82. The summed E-state index contributed by atoms with van der Waals surface area (Å²) < 4.78 is 13.3. The van der Waals surface area contributed by atoms with E-state index in [1.54, 1.807) is 42.6 Å². The minimum absolute atomic E-state index is 0.334. The third-order valence-electron chi connectivity index (χ3n) is 6.56. The molecule has 8 heteroatoms. The summed E-state index contributed by atoms with van der Waals surface area (Å²) in [5.74, 6) is -0.703. The van der Waals surface area contributed by atoms with Crippen molar-refractivity contribution in [1.29, 1.82) is 0 Å². The highest BCUT2D eigenvalue weighted by molar-refractivity contribution is 6.34. The summed E-state index contributed by atoms with van der Waals surface area (Å²) in [6, 6.07) is 17.9. The van der Waals surface area contributed by atoms with Crippen molar-refractivity contribution < 1.29 is 14.3 Å². The fourth-order valence-electron chi connectivity index (χ4n) is 4.29. The van der Waals surface area contributed by atoms with Crippen LogP contribution in [0.15, 0.2) is 72.9 Å². The molecule has 3 N–H and O–H groups in total. The quantitative estimate of drug-likeness (QED) is 0.266. The van der Waals surface area contributed by atoms with E-state index in [9.17, 15) is 14.3 Å². The van der Waals surface area contributed by atoms with Crippen LogP contribution in [0.5, 0.6) is 0 Å². The second kappa shape index (κ2) is 11.0. The van der Waals surface area contributed by atoms with Crippen molar-refractivity contribution in [2.24, 2.45) is 0 Å². The molecule has 186 valence electrons. The summed E-state index contributed by atoms with van der Waals surface area (Å²) in [6.45, 7) is 3.79.